The Morgan fingerprint density at radius 3 is 2.16 bits per heavy atom. The van der Waals surface area contributed by atoms with Gasteiger partial charge in [0.1, 0.15) is 5.69 Å². The van der Waals surface area contributed by atoms with Crippen molar-refractivity contribution in [3.05, 3.63) is 53.6 Å². The number of rotatable bonds is 2. The summed E-state index contributed by atoms with van der Waals surface area (Å²) in [4.78, 5) is 37.0. The van der Waals surface area contributed by atoms with Gasteiger partial charge in [0.15, 0.2) is 0 Å². The van der Waals surface area contributed by atoms with Crippen LogP contribution >= 0.6 is 0 Å². The van der Waals surface area contributed by atoms with Crippen molar-refractivity contribution in [3.8, 4) is 0 Å². The van der Waals surface area contributed by atoms with E-state index in [1.54, 1.807) is 16.0 Å². The normalized spacial score (nSPS) is 18.1. The van der Waals surface area contributed by atoms with Crippen LogP contribution in [0.15, 0.2) is 36.7 Å². The molecule has 170 valence electrons. The molecule has 7 nitrogen and oxygen atoms in total. The molecule has 2 aromatic rings. The molecule has 0 saturated carbocycles. The van der Waals surface area contributed by atoms with Crippen molar-refractivity contribution < 1.29 is 22.8 Å². The number of hydrogen-bond acceptors (Lipinski definition) is 4. The number of halogens is 3. The van der Waals surface area contributed by atoms with Crippen LogP contribution in [-0.2, 0) is 6.18 Å². The maximum Gasteiger partial charge on any atom is 0.416 e. The molecule has 10 heteroatoms. The van der Waals surface area contributed by atoms with E-state index < -0.39 is 11.7 Å². The molecule has 0 aliphatic carbocycles. The van der Waals surface area contributed by atoms with Gasteiger partial charge in [-0.05, 0) is 55.9 Å². The van der Waals surface area contributed by atoms with Crippen molar-refractivity contribution in [2.75, 3.05) is 31.5 Å². The van der Waals surface area contributed by atoms with Gasteiger partial charge < -0.3 is 15.1 Å². The molecule has 0 radical (unpaired) electrons. The lowest BCUT2D eigenvalue weighted by Gasteiger charge is -2.39. The van der Waals surface area contributed by atoms with Gasteiger partial charge in [-0.1, -0.05) is 0 Å². The van der Waals surface area contributed by atoms with Crippen molar-refractivity contribution in [3.63, 3.8) is 0 Å². The molecule has 3 amide bonds. The Morgan fingerprint density at radius 1 is 0.969 bits per heavy atom. The molecule has 0 atom stereocenters. The van der Waals surface area contributed by atoms with Gasteiger partial charge in [0.05, 0.1) is 17.5 Å². The summed E-state index contributed by atoms with van der Waals surface area (Å²) in [6, 6.07) is 4.09. The number of alkyl halides is 3. The zero-order chi connectivity index (χ0) is 22.9. The van der Waals surface area contributed by atoms with E-state index in [2.05, 4.69) is 15.3 Å². The van der Waals surface area contributed by atoms with Crippen LogP contribution < -0.4 is 5.32 Å². The Balaban J connectivity index is 1.31. The predicted molar refractivity (Wildman–Crippen MR) is 111 cm³/mol. The molecular formula is C22H24F3N5O2. The number of amides is 3. The quantitative estimate of drug-likeness (QED) is 0.756. The van der Waals surface area contributed by atoms with E-state index in [1.807, 2.05) is 6.92 Å². The van der Waals surface area contributed by atoms with Crippen molar-refractivity contribution >= 4 is 17.6 Å². The lowest BCUT2D eigenvalue weighted by Crippen LogP contribution is -2.45. The number of anilines is 1. The van der Waals surface area contributed by atoms with Crippen LogP contribution in [0.25, 0.3) is 0 Å². The zero-order valence-electron chi connectivity index (χ0n) is 17.7. The Morgan fingerprint density at radius 2 is 1.59 bits per heavy atom. The van der Waals surface area contributed by atoms with E-state index in [9.17, 15) is 22.8 Å². The largest absolute Gasteiger partial charge is 0.416 e. The molecule has 2 fully saturated rings. The number of nitrogens with zero attached hydrogens (tertiary/aromatic N) is 4. The summed E-state index contributed by atoms with van der Waals surface area (Å²) in [6.07, 6.45) is 1.05. The highest BCUT2D eigenvalue weighted by Gasteiger charge is 2.43. The molecule has 1 aromatic heterocycles. The van der Waals surface area contributed by atoms with Gasteiger partial charge in [0.2, 0.25) is 0 Å². The molecule has 32 heavy (non-hydrogen) atoms. The molecular weight excluding hydrogens is 423 g/mol. The summed E-state index contributed by atoms with van der Waals surface area (Å²) in [6.45, 7) is 4.12. The fourth-order valence-electron chi connectivity index (χ4n) is 4.31. The highest BCUT2D eigenvalue weighted by atomic mass is 19.4. The van der Waals surface area contributed by atoms with Crippen molar-refractivity contribution in [2.45, 2.75) is 32.4 Å². The average Bonchev–Trinajstić information content (AvgIpc) is 3.18. The summed E-state index contributed by atoms with van der Waals surface area (Å²) >= 11 is 0. The predicted octanol–water partition coefficient (Wildman–Crippen LogP) is 3.96. The van der Waals surface area contributed by atoms with Gasteiger partial charge in [-0.15, -0.1) is 0 Å². The van der Waals surface area contributed by atoms with Crippen LogP contribution in [0.2, 0.25) is 0 Å². The molecule has 0 bridgehead atoms. The first kappa shape index (κ1) is 22.0. The summed E-state index contributed by atoms with van der Waals surface area (Å²) in [5.41, 5.74) is 0.597. The van der Waals surface area contributed by atoms with Gasteiger partial charge >= 0.3 is 12.2 Å². The fraction of sp³-hybridized carbons (Fsp3) is 0.455. The average molecular weight is 447 g/mol. The number of aryl methyl sites for hydroxylation is 1. The van der Waals surface area contributed by atoms with E-state index in [0.717, 1.165) is 37.1 Å². The van der Waals surface area contributed by atoms with E-state index in [-0.39, 0.29) is 17.4 Å². The Hall–Kier alpha value is -3.17. The van der Waals surface area contributed by atoms with Gasteiger partial charge in [-0.25, -0.2) is 9.78 Å². The second-order valence-electron chi connectivity index (χ2n) is 8.51. The maximum absolute atomic E-state index is 12.7. The van der Waals surface area contributed by atoms with Gasteiger partial charge in [-0.3, -0.25) is 9.78 Å². The summed E-state index contributed by atoms with van der Waals surface area (Å²) in [7, 11) is 0. The number of aromatic nitrogens is 2. The topological polar surface area (TPSA) is 78.4 Å². The summed E-state index contributed by atoms with van der Waals surface area (Å²) in [5.74, 6) is -0.137. The molecule has 2 aliphatic rings. The van der Waals surface area contributed by atoms with E-state index in [0.29, 0.717) is 37.6 Å². The zero-order valence-corrected chi connectivity index (χ0v) is 17.7. The van der Waals surface area contributed by atoms with Crippen molar-refractivity contribution in [2.24, 2.45) is 5.41 Å². The number of carbonyl (C=O) groups excluding carboxylic acids is 2. The van der Waals surface area contributed by atoms with E-state index >= 15 is 0 Å². The molecule has 0 unspecified atom stereocenters. The Kier molecular flexibility index (Phi) is 5.79. The third kappa shape index (κ3) is 4.68. The van der Waals surface area contributed by atoms with E-state index in [1.165, 1.54) is 18.3 Å². The molecule has 1 spiro atoms. The SMILES string of the molecule is Cc1cnc(C(=O)N2CCC3(CCN(C(=O)Nc4ccc(C(F)(F)F)cc4)C3)CC2)cn1. The highest BCUT2D eigenvalue weighted by molar-refractivity contribution is 5.92. The van der Waals surface area contributed by atoms with Gasteiger partial charge in [0, 0.05) is 38.1 Å². The third-order valence-corrected chi connectivity index (χ3v) is 6.30. The number of hydrogen-bond donors (Lipinski definition) is 1. The van der Waals surface area contributed by atoms with Gasteiger partial charge in [-0.2, -0.15) is 13.2 Å². The number of piperidine rings is 1. The fourth-order valence-corrected chi connectivity index (χ4v) is 4.31. The van der Waals surface area contributed by atoms with Crippen molar-refractivity contribution in [1.29, 1.82) is 0 Å². The molecule has 3 heterocycles. The molecule has 2 saturated heterocycles. The standard InChI is InChI=1S/C22H24F3N5O2/c1-15-12-27-18(13-26-15)19(31)29-9-6-21(7-10-29)8-11-30(14-21)20(32)28-17-4-2-16(3-5-17)22(23,24)25/h2-5,12-13H,6-11,14H2,1H3,(H,28,32). The lowest BCUT2D eigenvalue weighted by atomic mass is 9.77. The number of likely N-dealkylation sites (tertiary alicyclic amines) is 2. The number of urea groups is 1. The van der Waals surface area contributed by atoms with Crippen molar-refractivity contribution in [1.82, 2.24) is 19.8 Å². The Labute approximate surface area is 183 Å². The Bertz CT molecular complexity index is 984. The van der Waals surface area contributed by atoms with Crippen LogP contribution in [-0.4, -0.2) is 57.9 Å². The highest BCUT2D eigenvalue weighted by Crippen LogP contribution is 2.40. The van der Waals surface area contributed by atoms with E-state index in [4.69, 9.17) is 0 Å². The number of carbonyl (C=O) groups is 2. The second-order valence-corrected chi connectivity index (χ2v) is 8.51. The van der Waals surface area contributed by atoms with Crippen LogP contribution in [0.4, 0.5) is 23.7 Å². The molecule has 4 rings (SSSR count). The molecule has 1 N–H and O–H groups in total. The summed E-state index contributed by atoms with van der Waals surface area (Å²) in [5, 5.41) is 2.68. The molecule has 1 aromatic carbocycles. The van der Waals surface area contributed by atoms with Crippen LogP contribution in [0, 0.1) is 12.3 Å². The third-order valence-electron chi connectivity index (χ3n) is 6.30. The minimum Gasteiger partial charge on any atom is -0.337 e. The monoisotopic (exact) mass is 447 g/mol. The maximum atomic E-state index is 12.7. The second kappa shape index (κ2) is 8.40. The van der Waals surface area contributed by atoms with Crippen LogP contribution in [0.1, 0.15) is 41.0 Å². The first-order valence-corrected chi connectivity index (χ1v) is 10.5. The van der Waals surface area contributed by atoms with Crippen LogP contribution in [0.3, 0.4) is 0 Å². The smallest absolute Gasteiger partial charge is 0.337 e. The minimum atomic E-state index is -4.41. The minimum absolute atomic E-state index is 0.0484. The summed E-state index contributed by atoms with van der Waals surface area (Å²) < 4.78 is 38.1. The molecule has 2 aliphatic heterocycles. The first-order chi connectivity index (χ1) is 15.2. The van der Waals surface area contributed by atoms with Crippen LogP contribution in [0.5, 0.6) is 0 Å². The van der Waals surface area contributed by atoms with Gasteiger partial charge in [0.25, 0.3) is 5.91 Å². The first-order valence-electron chi connectivity index (χ1n) is 10.5. The number of nitrogens with one attached hydrogen (secondary N) is 1. The lowest BCUT2D eigenvalue weighted by molar-refractivity contribution is -0.137. The number of benzene rings is 1.